The van der Waals surface area contributed by atoms with E-state index in [4.69, 9.17) is 4.42 Å². The Kier molecular flexibility index (Phi) is 7.46. The van der Waals surface area contributed by atoms with Gasteiger partial charge in [-0.15, -0.1) is 0 Å². The van der Waals surface area contributed by atoms with Crippen molar-refractivity contribution in [2.24, 2.45) is 23.7 Å². The summed E-state index contributed by atoms with van der Waals surface area (Å²) in [6.07, 6.45) is 5.41. The van der Waals surface area contributed by atoms with E-state index in [1.807, 2.05) is 12.1 Å². The largest absolute Gasteiger partial charge is 0.456 e. The van der Waals surface area contributed by atoms with Gasteiger partial charge in [0.25, 0.3) is 0 Å². The van der Waals surface area contributed by atoms with Crippen LogP contribution >= 0.6 is 0 Å². The van der Waals surface area contributed by atoms with E-state index in [0.29, 0.717) is 11.8 Å². The molecule has 0 amide bonds. The Bertz CT molecular complexity index is 2700. The standard InChI is InChI=1S/C53H45NO/c1-34-28-36-30-35(2)53(41(29-34)31-36)49-14-8-6-12-45(49)48-33-44(25-27-50(48)53)54(42-21-16-38(17-22-42)37-10-4-3-5-11-37)43-23-18-39(19-24-43)40-20-26-47-46-13-7-9-15-51(46)55-52(47)32-40/h3-27,32-36,41H,28-31H2,1-2H3/t34-,35+,36-,41-,53?/m0/s1. The van der Waals surface area contributed by atoms with Gasteiger partial charge in [-0.3, -0.25) is 0 Å². The summed E-state index contributed by atoms with van der Waals surface area (Å²) in [7, 11) is 0. The molecule has 1 aromatic heterocycles. The summed E-state index contributed by atoms with van der Waals surface area (Å²) in [5.74, 6) is 2.96. The molecular weight excluding hydrogens is 667 g/mol. The number of fused-ring (bicyclic) bond motifs is 11. The molecule has 2 nitrogen and oxygen atoms in total. The highest BCUT2D eigenvalue weighted by atomic mass is 16.3. The highest BCUT2D eigenvalue weighted by Crippen LogP contribution is 2.65. The first kappa shape index (κ1) is 32.6. The SMILES string of the molecule is C[C@H]1C[C@@H]2C[C@H](C1)C1(c3ccccc3-c3cc(N(c4ccc(-c5ccccc5)cc4)c4ccc(-c5ccc6c(c5)oc5ccccc56)cc4)ccc31)[C@H](C)C2. The molecule has 1 heterocycles. The van der Waals surface area contributed by atoms with E-state index >= 15 is 0 Å². The Morgan fingerprint density at radius 2 is 1.09 bits per heavy atom. The van der Waals surface area contributed by atoms with E-state index in [-0.39, 0.29) is 5.41 Å². The van der Waals surface area contributed by atoms with Crippen molar-refractivity contribution in [2.45, 2.75) is 44.9 Å². The van der Waals surface area contributed by atoms with Crippen molar-refractivity contribution in [3.8, 4) is 33.4 Å². The molecule has 8 aromatic rings. The van der Waals surface area contributed by atoms with E-state index in [0.717, 1.165) is 50.7 Å². The number of anilines is 3. The van der Waals surface area contributed by atoms with Crippen LogP contribution in [0.4, 0.5) is 17.1 Å². The van der Waals surface area contributed by atoms with Crippen LogP contribution in [0.5, 0.6) is 0 Å². The first-order chi connectivity index (χ1) is 27.0. The van der Waals surface area contributed by atoms with E-state index < -0.39 is 0 Å². The van der Waals surface area contributed by atoms with Crippen molar-refractivity contribution in [2.75, 3.05) is 4.90 Å². The highest BCUT2D eigenvalue weighted by molar-refractivity contribution is 6.06. The zero-order valence-electron chi connectivity index (χ0n) is 31.6. The molecule has 55 heavy (non-hydrogen) atoms. The van der Waals surface area contributed by atoms with Crippen molar-refractivity contribution in [1.29, 1.82) is 0 Å². The summed E-state index contributed by atoms with van der Waals surface area (Å²) in [4.78, 5) is 2.44. The van der Waals surface area contributed by atoms with Crippen LogP contribution in [-0.2, 0) is 5.41 Å². The molecule has 1 unspecified atom stereocenters. The Hall–Kier alpha value is -5.86. The minimum atomic E-state index is 0.0837. The van der Waals surface area contributed by atoms with Crippen LogP contribution in [0, 0.1) is 23.7 Å². The average molecular weight is 712 g/mol. The lowest BCUT2D eigenvalue weighted by Crippen LogP contribution is -2.49. The molecular formula is C53H45NO. The molecule has 5 atom stereocenters. The van der Waals surface area contributed by atoms with Gasteiger partial charge in [-0.1, -0.05) is 123 Å². The van der Waals surface area contributed by atoms with Gasteiger partial charge in [-0.05, 0) is 148 Å². The van der Waals surface area contributed by atoms with Crippen molar-refractivity contribution < 1.29 is 4.42 Å². The Labute approximate surface area is 324 Å². The van der Waals surface area contributed by atoms with E-state index in [1.54, 1.807) is 11.1 Å². The Morgan fingerprint density at radius 1 is 0.473 bits per heavy atom. The molecule has 2 fully saturated rings. The maximum Gasteiger partial charge on any atom is 0.136 e. The van der Waals surface area contributed by atoms with Crippen LogP contribution in [-0.4, -0.2) is 0 Å². The zero-order valence-corrected chi connectivity index (χ0v) is 31.6. The average Bonchev–Trinajstić information content (AvgIpc) is 3.74. The third-order valence-corrected chi connectivity index (χ3v) is 13.6. The lowest BCUT2D eigenvalue weighted by molar-refractivity contribution is 0.0426. The molecule has 7 aromatic carbocycles. The summed E-state index contributed by atoms with van der Waals surface area (Å²) in [6.45, 7) is 5.06. The van der Waals surface area contributed by atoms with Crippen molar-refractivity contribution in [3.05, 3.63) is 175 Å². The molecule has 0 aliphatic heterocycles. The van der Waals surface area contributed by atoms with Crippen molar-refractivity contribution >= 4 is 39.0 Å². The lowest BCUT2D eigenvalue weighted by atomic mass is 9.49. The second kappa shape index (κ2) is 12.6. The monoisotopic (exact) mass is 711 g/mol. The smallest absolute Gasteiger partial charge is 0.136 e. The van der Waals surface area contributed by atoms with Crippen molar-refractivity contribution in [3.63, 3.8) is 0 Å². The number of para-hydroxylation sites is 1. The maximum atomic E-state index is 6.26. The normalized spacial score (nSPS) is 22.5. The van der Waals surface area contributed by atoms with Gasteiger partial charge >= 0.3 is 0 Å². The lowest BCUT2D eigenvalue weighted by Gasteiger charge is -2.54. The fourth-order valence-corrected chi connectivity index (χ4v) is 11.4. The predicted molar refractivity (Wildman–Crippen MR) is 229 cm³/mol. The minimum Gasteiger partial charge on any atom is -0.456 e. The summed E-state index contributed by atoms with van der Waals surface area (Å²) in [5.41, 5.74) is 16.1. The third kappa shape index (κ3) is 5.07. The summed E-state index contributed by atoms with van der Waals surface area (Å²) >= 11 is 0. The van der Waals surface area contributed by atoms with E-state index in [2.05, 4.69) is 170 Å². The van der Waals surface area contributed by atoms with E-state index in [9.17, 15) is 0 Å². The fraction of sp³-hybridized carbons (Fsp3) is 0.208. The number of benzene rings is 7. The number of hydrogen-bond donors (Lipinski definition) is 0. The van der Waals surface area contributed by atoms with Crippen LogP contribution in [0.2, 0.25) is 0 Å². The molecule has 2 heteroatoms. The number of nitrogens with zero attached hydrogens (tertiary/aromatic N) is 1. The van der Waals surface area contributed by atoms with Crippen LogP contribution in [0.3, 0.4) is 0 Å². The van der Waals surface area contributed by atoms with Gasteiger partial charge in [0.15, 0.2) is 0 Å². The first-order valence-corrected chi connectivity index (χ1v) is 20.3. The molecule has 3 aliphatic carbocycles. The zero-order chi connectivity index (χ0) is 36.7. The van der Waals surface area contributed by atoms with Crippen molar-refractivity contribution in [1.82, 2.24) is 0 Å². The number of furan rings is 1. The third-order valence-electron chi connectivity index (χ3n) is 13.6. The fourth-order valence-electron chi connectivity index (χ4n) is 11.4. The Balaban J connectivity index is 1.03. The molecule has 1 spiro atoms. The molecule has 3 aliphatic rings. The number of rotatable bonds is 5. The molecule has 11 rings (SSSR count). The number of hydrogen-bond acceptors (Lipinski definition) is 2. The van der Waals surface area contributed by atoms with Gasteiger partial charge in [0.1, 0.15) is 11.2 Å². The van der Waals surface area contributed by atoms with E-state index in [1.165, 1.54) is 59.2 Å². The minimum absolute atomic E-state index is 0.0837. The maximum absolute atomic E-state index is 6.26. The van der Waals surface area contributed by atoms with Gasteiger partial charge in [-0.25, -0.2) is 0 Å². The highest BCUT2D eigenvalue weighted by Gasteiger charge is 2.56. The van der Waals surface area contributed by atoms with Crippen LogP contribution < -0.4 is 4.90 Å². The molecule has 0 radical (unpaired) electrons. The van der Waals surface area contributed by atoms with Crippen LogP contribution in [0.25, 0.3) is 55.3 Å². The quantitative estimate of drug-likeness (QED) is 0.177. The van der Waals surface area contributed by atoms with Gasteiger partial charge in [0.05, 0.1) is 0 Å². The molecule has 268 valence electrons. The summed E-state index contributed by atoms with van der Waals surface area (Å²) in [5, 5.41) is 2.31. The Morgan fingerprint density at radius 3 is 1.89 bits per heavy atom. The van der Waals surface area contributed by atoms with Gasteiger partial charge in [0, 0.05) is 33.2 Å². The van der Waals surface area contributed by atoms with Gasteiger partial charge < -0.3 is 9.32 Å². The second-order valence-corrected chi connectivity index (χ2v) is 16.8. The van der Waals surface area contributed by atoms with Crippen LogP contribution in [0.1, 0.15) is 50.7 Å². The molecule has 0 saturated heterocycles. The summed E-state index contributed by atoms with van der Waals surface area (Å²) in [6, 6.07) is 60.5. The topological polar surface area (TPSA) is 16.4 Å². The molecule has 2 bridgehead atoms. The second-order valence-electron chi connectivity index (χ2n) is 16.8. The molecule has 0 N–H and O–H groups in total. The molecule has 2 saturated carbocycles. The predicted octanol–water partition coefficient (Wildman–Crippen LogP) is 14.7. The van der Waals surface area contributed by atoms with Crippen LogP contribution in [0.15, 0.2) is 168 Å². The summed E-state index contributed by atoms with van der Waals surface area (Å²) < 4.78 is 6.26. The van der Waals surface area contributed by atoms with Gasteiger partial charge in [-0.2, -0.15) is 0 Å². The van der Waals surface area contributed by atoms with Gasteiger partial charge in [0.2, 0.25) is 0 Å². The first-order valence-electron chi connectivity index (χ1n) is 20.3.